The van der Waals surface area contributed by atoms with E-state index in [4.69, 9.17) is 21.1 Å². The Kier molecular flexibility index (Phi) is 6.82. The summed E-state index contributed by atoms with van der Waals surface area (Å²) in [6, 6.07) is 3.22. The summed E-state index contributed by atoms with van der Waals surface area (Å²) in [4.78, 5) is 17.8. The number of hydrazone groups is 1. The molecule has 1 aromatic carbocycles. The first kappa shape index (κ1) is 21.0. The number of hydrogen-bond acceptors (Lipinski definition) is 10. The summed E-state index contributed by atoms with van der Waals surface area (Å²) in [7, 11) is 0. The first-order valence-corrected chi connectivity index (χ1v) is 10.7. The zero-order valence-electron chi connectivity index (χ0n) is 16.1. The van der Waals surface area contributed by atoms with E-state index in [9.17, 15) is 5.11 Å². The highest BCUT2D eigenvalue weighted by atomic mass is 79.9. The summed E-state index contributed by atoms with van der Waals surface area (Å²) < 4.78 is 11.3. The average Bonchev–Trinajstić information content (AvgIpc) is 2.78. The van der Waals surface area contributed by atoms with Gasteiger partial charge in [-0.25, -0.2) is 5.43 Å². The molecule has 1 aromatic heterocycles. The van der Waals surface area contributed by atoms with Gasteiger partial charge in [0.1, 0.15) is 5.75 Å². The molecule has 2 N–H and O–H groups in total. The first-order chi connectivity index (χ1) is 14.6. The molecule has 160 valence electrons. The number of aromatic hydroxyl groups is 1. The van der Waals surface area contributed by atoms with E-state index in [-0.39, 0.29) is 5.75 Å². The van der Waals surface area contributed by atoms with Crippen molar-refractivity contribution in [3.63, 3.8) is 0 Å². The van der Waals surface area contributed by atoms with Crippen LogP contribution in [0.15, 0.2) is 21.7 Å². The number of aromatic nitrogens is 3. The molecular weight excluding hydrogens is 478 g/mol. The van der Waals surface area contributed by atoms with Crippen LogP contribution in [0.2, 0.25) is 5.02 Å². The van der Waals surface area contributed by atoms with Crippen molar-refractivity contribution in [1.29, 1.82) is 0 Å². The number of hydrogen-bond donors (Lipinski definition) is 2. The number of halogens is 2. The molecule has 0 saturated carbocycles. The van der Waals surface area contributed by atoms with E-state index in [1.807, 2.05) is 0 Å². The van der Waals surface area contributed by atoms with E-state index in [0.29, 0.717) is 85.5 Å². The lowest BCUT2D eigenvalue weighted by Gasteiger charge is -2.30. The number of morpholine rings is 2. The molecule has 2 aliphatic heterocycles. The number of nitrogens with one attached hydrogen (secondary N) is 1. The van der Waals surface area contributed by atoms with E-state index in [1.54, 1.807) is 12.1 Å². The predicted molar refractivity (Wildman–Crippen MR) is 118 cm³/mol. The number of phenols is 1. The van der Waals surface area contributed by atoms with Gasteiger partial charge < -0.3 is 24.4 Å². The highest BCUT2D eigenvalue weighted by molar-refractivity contribution is 9.10. The Labute approximate surface area is 187 Å². The van der Waals surface area contributed by atoms with Gasteiger partial charge in [-0.15, -0.1) is 0 Å². The van der Waals surface area contributed by atoms with Crippen LogP contribution < -0.4 is 15.2 Å². The van der Waals surface area contributed by atoms with Crippen LogP contribution in [-0.4, -0.2) is 78.9 Å². The smallest absolute Gasteiger partial charge is 0.250 e. The Balaban J connectivity index is 1.58. The van der Waals surface area contributed by atoms with Gasteiger partial charge in [-0.3, -0.25) is 0 Å². The third kappa shape index (κ3) is 5.09. The Morgan fingerprint density at radius 1 is 1.00 bits per heavy atom. The molecule has 0 radical (unpaired) electrons. The number of ether oxygens (including phenoxy) is 2. The van der Waals surface area contributed by atoms with Crippen LogP contribution in [0.25, 0.3) is 0 Å². The van der Waals surface area contributed by atoms with Crippen molar-refractivity contribution < 1.29 is 14.6 Å². The second kappa shape index (κ2) is 9.73. The zero-order chi connectivity index (χ0) is 20.9. The summed E-state index contributed by atoms with van der Waals surface area (Å²) in [6.45, 7) is 5.34. The highest BCUT2D eigenvalue weighted by Crippen LogP contribution is 2.30. The van der Waals surface area contributed by atoms with Crippen molar-refractivity contribution in [2.75, 3.05) is 67.8 Å². The van der Waals surface area contributed by atoms with Crippen LogP contribution in [0.3, 0.4) is 0 Å². The Morgan fingerprint density at radius 3 is 2.13 bits per heavy atom. The monoisotopic (exact) mass is 497 g/mol. The normalized spacial score (nSPS) is 17.5. The van der Waals surface area contributed by atoms with Crippen molar-refractivity contribution in [3.05, 3.63) is 27.2 Å². The van der Waals surface area contributed by atoms with Gasteiger partial charge in [0.05, 0.1) is 37.1 Å². The summed E-state index contributed by atoms with van der Waals surface area (Å²) >= 11 is 9.30. The highest BCUT2D eigenvalue weighted by Gasteiger charge is 2.20. The van der Waals surface area contributed by atoms with Gasteiger partial charge in [-0.1, -0.05) is 11.6 Å². The predicted octanol–water partition coefficient (Wildman–Crippen LogP) is 2.11. The van der Waals surface area contributed by atoms with Crippen LogP contribution in [-0.2, 0) is 9.47 Å². The minimum atomic E-state index is 0.0450. The fourth-order valence-corrected chi connectivity index (χ4v) is 3.89. The molecule has 30 heavy (non-hydrogen) atoms. The lowest BCUT2D eigenvalue weighted by Crippen LogP contribution is -2.40. The van der Waals surface area contributed by atoms with Gasteiger partial charge in [0.2, 0.25) is 17.8 Å². The van der Waals surface area contributed by atoms with Crippen molar-refractivity contribution in [3.8, 4) is 5.75 Å². The minimum Gasteiger partial charge on any atom is -0.506 e. The lowest BCUT2D eigenvalue weighted by atomic mass is 10.2. The van der Waals surface area contributed by atoms with Crippen LogP contribution in [0.4, 0.5) is 17.8 Å². The SMILES string of the molecule is Oc1c(Br)cc(Cl)cc1C=NNc1nc(N2CCOCC2)nc(N2CCOCC2)n1. The molecule has 2 fully saturated rings. The van der Waals surface area contributed by atoms with Crippen molar-refractivity contribution in [2.24, 2.45) is 5.10 Å². The maximum atomic E-state index is 10.1. The van der Waals surface area contributed by atoms with Crippen LogP contribution >= 0.6 is 27.5 Å². The number of benzene rings is 1. The lowest BCUT2D eigenvalue weighted by molar-refractivity contribution is 0.121. The van der Waals surface area contributed by atoms with Crippen LogP contribution in [0, 0.1) is 0 Å². The van der Waals surface area contributed by atoms with E-state index < -0.39 is 0 Å². The number of phenolic OH excluding ortho intramolecular Hbond substituents is 1. The second-order valence-corrected chi connectivity index (χ2v) is 7.94. The van der Waals surface area contributed by atoms with Gasteiger partial charge in [-0.05, 0) is 28.1 Å². The summed E-state index contributed by atoms with van der Waals surface area (Å²) in [5.41, 5.74) is 3.30. The van der Waals surface area contributed by atoms with E-state index in [0.717, 1.165) is 0 Å². The molecule has 0 spiro atoms. The van der Waals surface area contributed by atoms with Gasteiger partial charge in [0, 0.05) is 36.8 Å². The molecule has 0 aliphatic carbocycles. The maximum absolute atomic E-state index is 10.1. The molecule has 12 heteroatoms. The standard InChI is InChI=1S/C18H21BrClN7O3/c19-14-10-13(20)9-12(15(14)28)11-21-25-16-22-17(26-1-5-29-6-2-26)24-18(23-16)27-3-7-30-8-4-27/h9-11,28H,1-8H2,(H,22,23,24,25). The molecule has 4 rings (SSSR count). The fraction of sp³-hybridized carbons (Fsp3) is 0.444. The Hall–Kier alpha value is -2.21. The molecule has 2 aliphatic rings. The quantitative estimate of drug-likeness (QED) is 0.473. The van der Waals surface area contributed by atoms with E-state index in [1.165, 1.54) is 6.21 Å². The zero-order valence-corrected chi connectivity index (χ0v) is 18.4. The summed E-state index contributed by atoms with van der Waals surface area (Å²) in [5, 5.41) is 14.8. The van der Waals surface area contributed by atoms with Crippen LogP contribution in [0.5, 0.6) is 5.75 Å². The minimum absolute atomic E-state index is 0.0450. The Morgan fingerprint density at radius 2 is 1.57 bits per heavy atom. The number of anilines is 3. The molecule has 2 saturated heterocycles. The molecule has 0 atom stereocenters. The fourth-order valence-electron chi connectivity index (χ4n) is 3.06. The second-order valence-electron chi connectivity index (χ2n) is 6.65. The molecule has 0 unspecified atom stereocenters. The average molecular weight is 499 g/mol. The largest absolute Gasteiger partial charge is 0.506 e. The summed E-state index contributed by atoms with van der Waals surface area (Å²) in [6.07, 6.45) is 1.46. The maximum Gasteiger partial charge on any atom is 0.250 e. The van der Waals surface area contributed by atoms with E-state index in [2.05, 4.69) is 51.2 Å². The van der Waals surface area contributed by atoms with Crippen LogP contribution in [0.1, 0.15) is 5.56 Å². The topological polar surface area (TPSA) is 108 Å². The van der Waals surface area contributed by atoms with Gasteiger partial charge >= 0.3 is 0 Å². The first-order valence-electron chi connectivity index (χ1n) is 9.49. The van der Waals surface area contributed by atoms with Gasteiger partial charge in [0.15, 0.2) is 0 Å². The van der Waals surface area contributed by atoms with Crippen molar-refractivity contribution >= 4 is 51.6 Å². The van der Waals surface area contributed by atoms with Crippen molar-refractivity contribution in [1.82, 2.24) is 15.0 Å². The van der Waals surface area contributed by atoms with Gasteiger partial charge in [0.25, 0.3) is 0 Å². The number of nitrogens with zero attached hydrogens (tertiary/aromatic N) is 6. The molecule has 3 heterocycles. The molecule has 2 aromatic rings. The molecule has 0 amide bonds. The third-order valence-electron chi connectivity index (χ3n) is 4.63. The van der Waals surface area contributed by atoms with Gasteiger partial charge in [-0.2, -0.15) is 20.1 Å². The number of rotatable bonds is 5. The molecule has 0 bridgehead atoms. The Bertz CT molecular complexity index is 885. The third-order valence-corrected chi connectivity index (χ3v) is 5.45. The van der Waals surface area contributed by atoms with E-state index >= 15 is 0 Å². The molecular formula is C18H21BrClN7O3. The summed E-state index contributed by atoms with van der Waals surface area (Å²) in [5.74, 6) is 1.50. The van der Waals surface area contributed by atoms with Crippen molar-refractivity contribution in [2.45, 2.75) is 0 Å². The molecule has 10 nitrogen and oxygen atoms in total.